The van der Waals surface area contributed by atoms with Gasteiger partial charge in [-0.1, -0.05) is 0 Å². The number of carboxylic acid groups (broad SMARTS) is 1. The Kier molecular flexibility index (Phi) is 5.30. The Morgan fingerprint density at radius 3 is 2.48 bits per heavy atom. The minimum Gasteiger partial charge on any atom is -0.547 e. The van der Waals surface area contributed by atoms with Crippen molar-refractivity contribution in [2.75, 3.05) is 6.61 Å². The van der Waals surface area contributed by atoms with Crippen molar-refractivity contribution in [1.82, 2.24) is 5.32 Å². The van der Waals surface area contributed by atoms with E-state index in [1.165, 1.54) is 6.92 Å². The lowest BCUT2D eigenvalue weighted by Crippen LogP contribution is -2.53. The molecule has 0 spiro atoms. The van der Waals surface area contributed by atoms with Crippen LogP contribution >= 0.6 is 11.3 Å². The zero-order valence-electron chi connectivity index (χ0n) is 10.5. The molecule has 1 amide bonds. The van der Waals surface area contributed by atoms with E-state index >= 15 is 0 Å². The van der Waals surface area contributed by atoms with Crippen LogP contribution in [-0.4, -0.2) is 30.5 Å². The minimum atomic E-state index is -4.77. The van der Waals surface area contributed by atoms with Gasteiger partial charge in [-0.25, -0.2) is 4.79 Å². The first-order chi connectivity index (χ1) is 9.68. The number of rotatable bonds is 5. The maximum Gasteiger partial charge on any atom is 0.417 e. The van der Waals surface area contributed by atoms with Gasteiger partial charge in [0, 0.05) is 10.8 Å². The van der Waals surface area contributed by atoms with Gasteiger partial charge in [-0.15, -0.1) is 0 Å². The Balaban J connectivity index is 2.96. The van der Waals surface area contributed by atoms with Crippen LogP contribution in [0.3, 0.4) is 0 Å². The number of thiophene rings is 1. The second-order valence-electron chi connectivity index (χ2n) is 3.67. The lowest BCUT2D eigenvalue weighted by atomic mass is 10.1. The largest absolute Gasteiger partial charge is 0.547 e. The summed E-state index contributed by atoms with van der Waals surface area (Å²) < 4.78 is 42.3. The molecule has 0 aliphatic carbocycles. The molecule has 0 aliphatic heterocycles. The topological polar surface area (TPSA) is 95.5 Å². The summed E-state index contributed by atoms with van der Waals surface area (Å²) in [6.45, 7) is 1.23. The number of aliphatic carboxylic acids is 1. The number of carbonyl (C=O) groups excluding carboxylic acids is 3. The summed E-state index contributed by atoms with van der Waals surface area (Å²) in [4.78, 5) is 33.7. The molecule has 1 rings (SSSR count). The molecule has 0 saturated carbocycles. The molecule has 10 heteroatoms. The number of nitrogens with one attached hydrogen (secondary N) is 1. The highest BCUT2D eigenvalue weighted by molar-refractivity contribution is 7.08. The lowest BCUT2D eigenvalue weighted by Gasteiger charge is -2.18. The van der Waals surface area contributed by atoms with Crippen LogP contribution in [-0.2, 0) is 20.5 Å². The summed E-state index contributed by atoms with van der Waals surface area (Å²) in [6.07, 6.45) is -4.77. The van der Waals surface area contributed by atoms with E-state index < -0.39 is 41.2 Å². The van der Waals surface area contributed by atoms with Crippen LogP contribution in [0.4, 0.5) is 13.2 Å². The van der Waals surface area contributed by atoms with E-state index in [2.05, 4.69) is 4.74 Å². The van der Waals surface area contributed by atoms with E-state index in [-0.39, 0.29) is 6.61 Å². The second-order valence-corrected chi connectivity index (χ2v) is 4.42. The average molecular weight is 324 g/mol. The zero-order chi connectivity index (χ0) is 16.2. The summed E-state index contributed by atoms with van der Waals surface area (Å²) in [6, 6.07) is -2.18. The van der Waals surface area contributed by atoms with Crippen LogP contribution in [0.2, 0.25) is 0 Å². The minimum absolute atomic E-state index is 0.162. The molecule has 0 saturated heterocycles. The normalized spacial score (nSPS) is 12.6. The van der Waals surface area contributed by atoms with Crippen LogP contribution < -0.4 is 10.4 Å². The van der Waals surface area contributed by atoms with Crippen molar-refractivity contribution in [2.45, 2.75) is 19.1 Å². The van der Waals surface area contributed by atoms with Crippen molar-refractivity contribution in [1.29, 1.82) is 0 Å². The van der Waals surface area contributed by atoms with Gasteiger partial charge in [-0.3, -0.25) is 4.79 Å². The van der Waals surface area contributed by atoms with Crippen molar-refractivity contribution < 1.29 is 37.4 Å². The summed E-state index contributed by atoms with van der Waals surface area (Å²) in [5.41, 5.74) is -1.99. The summed E-state index contributed by atoms with van der Waals surface area (Å²) >= 11 is 0.615. The molecule has 1 aromatic heterocycles. The number of ether oxygens (including phenoxy) is 1. The van der Waals surface area contributed by atoms with Crippen LogP contribution in [0.1, 0.15) is 22.8 Å². The molecule has 1 heterocycles. The second kappa shape index (κ2) is 6.57. The third-order valence-electron chi connectivity index (χ3n) is 2.25. The van der Waals surface area contributed by atoms with Gasteiger partial charge in [0.15, 0.2) is 6.04 Å². The molecule has 116 valence electrons. The van der Waals surface area contributed by atoms with Gasteiger partial charge in [-0.05, 0) is 6.92 Å². The fourth-order valence-electron chi connectivity index (χ4n) is 1.34. The van der Waals surface area contributed by atoms with E-state index in [1.807, 2.05) is 0 Å². The number of carbonyl (C=O) groups is 3. The van der Waals surface area contributed by atoms with Crippen LogP contribution in [0.5, 0.6) is 0 Å². The van der Waals surface area contributed by atoms with Gasteiger partial charge >= 0.3 is 12.1 Å². The predicted molar refractivity (Wildman–Crippen MR) is 62.2 cm³/mol. The summed E-state index contributed by atoms with van der Waals surface area (Å²) in [7, 11) is 0. The number of carboxylic acids is 1. The summed E-state index contributed by atoms with van der Waals surface area (Å²) in [5.74, 6) is -4.66. The molecule has 6 nitrogen and oxygen atoms in total. The Hall–Kier alpha value is -2.10. The number of amides is 1. The van der Waals surface area contributed by atoms with E-state index in [9.17, 15) is 32.7 Å². The quantitative estimate of drug-likeness (QED) is 0.616. The fourth-order valence-corrected chi connectivity index (χ4v) is 2.18. The Labute approximate surface area is 120 Å². The Morgan fingerprint density at radius 2 is 2.00 bits per heavy atom. The SMILES string of the molecule is CCOC(=O)C(NC(=O)c1cscc1C(F)(F)F)C(=O)[O-]. The van der Waals surface area contributed by atoms with Crippen molar-refractivity contribution in [2.24, 2.45) is 0 Å². The Bertz CT molecular complexity index is 554. The first-order valence-electron chi connectivity index (χ1n) is 5.50. The molecule has 0 radical (unpaired) electrons. The molecule has 0 aromatic carbocycles. The van der Waals surface area contributed by atoms with Gasteiger partial charge in [0.2, 0.25) is 0 Å². The zero-order valence-corrected chi connectivity index (χ0v) is 11.3. The predicted octanol–water partition coefficient (Wildman–Crippen LogP) is 0.178. The molecule has 0 fully saturated rings. The van der Waals surface area contributed by atoms with Gasteiger partial charge in [-0.2, -0.15) is 24.5 Å². The molecule has 21 heavy (non-hydrogen) atoms. The third kappa shape index (κ3) is 4.18. The number of hydrogen-bond donors (Lipinski definition) is 1. The van der Waals surface area contributed by atoms with Crippen molar-refractivity contribution in [3.8, 4) is 0 Å². The van der Waals surface area contributed by atoms with Gasteiger partial charge < -0.3 is 20.0 Å². The highest BCUT2D eigenvalue weighted by Gasteiger charge is 2.37. The first kappa shape index (κ1) is 17.0. The highest BCUT2D eigenvalue weighted by atomic mass is 32.1. The maximum absolute atomic E-state index is 12.6. The van der Waals surface area contributed by atoms with Gasteiger partial charge in [0.1, 0.15) is 0 Å². The molecule has 1 atom stereocenters. The van der Waals surface area contributed by atoms with Crippen LogP contribution in [0, 0.1) is 0 Å². The molecule has 0 aliphatic rings. The highest BCUT2D eigenvalue weighted by Crippen LogP contribution is 2.34. The average Bonchev–Trinajstić information content (AvgIpc) is 2.84. The smallest absolute Gasteiger partial charge is 0.417 e. The standard InChI is InChI=1S/C11H10F3NO5S/c1-2-20-10(19)7(9(17)18)15-8(16)5-3-21-4-6(5)11(12,13)14/h3-4,7H,2H2,1H3,(H,15,16)(H,17,18)/p-1. The van der Waals surface area contributed by atoms with Crippen molar-refractivity contribution >= 4 is 29.2 Å². The van der Waals surface area contributed by atoms with Crippen molar-refractivity contribution in [3.63, 3.8) is 0 Å². The fraction of sp³-hybridized carbons (Fsp3) is 0.364. The first-order valence-corrected chi connectivity index (χ1v) is 6.44. The monoisotopic (exact) mass is 324 g/mol. The van der Waals surface area contributed by atoms with E-state index in [0.717, 1.165) is 5.38 Å². The molecule has 1 N–H and O–H groups in total. The molecular weight excluding hydrogens is 315 g/mol. The molecule has 0 bridgehead atoms. The molecule has 1 unspecified atom stereocenters. The lowest BCUT2D eigenvalue weighted by molar-refractivity contribution is -0.307. The van der Waals surface area contributed by atoms with Gasteiger partial charge in [0.05, 0.1) is 23.7 Å². The van der Waals surface area contributed by atoms with Gasteiger partial charge in [0.25, 0.3) is 5.91 Å². The number of halogens is 3. The van der Waals surface area contributed by atoms with Crippen LogP contribution in [0.15, 0.2) is 10.8 Å². The summed E-state index contributed by atoms with van der Waals surface area (Å²) in [5, 5.41) is 14.0. The molecule has 1 aromatic rings. The van der Waals surface area contributed by atoms with E-state index in [1.54, 1.807) is 5.32 Å². The number of hydrogen-bond acceptors (Lipinski definition) is 6. The van der Waals surface area contributed by atoms with E-state index in [0.29, 0.717) is 16.7 Å². The molecular formula is C11H9F3NO5S-. The Morgan fingerprint density at radius 1 is 1.38 bits per heavy atom. The van der Waals surface area contributed by atoms with Crippen LogP contribution in [0.25, 0.3) is 0 Å². The van der Waals surface area contributed by atoms with Crippen molar-refractivity contribution in [3.05, 3.63) is 21.9 Å². The number of esters is 1. The van der Waals surface area contributed by atoms with E-state index in [4.69, 9.17) is 0 Å². The maximum atomic E-state index is 12.6. The third-order valence-corrected chi connectivity index (χ3v) is 2.99. The number of alkyl halides is 3.